The van der Waals surface area contributed by atoms with Gasteiger partial charge in [-0.1, -0.05) is 6.07 Å². The molecule has 0 aliphatic heterocycles. The number of nitrogens with zero attached hydrogens (tertiary/aromatic N) is 1. The van der Waals surface area contributed by atoms with Crippen LogP contribution in [-0.2, 0) is 18.9 Å². The van der Waals surface area contributed by atoms with E-state index in [9.17, 15) is 26.9 Å². The van der Waals surface area contributed by atoms with E-state index >= 15 is 0 Å². The van der Waals surface area contributed by atoms with Crippen LogP contribution in [0.1, 0.15) is 0 Å². The molecule has 112 valence electrons. The Bertz CT molecular complexity index is 728. The first kappa shape index (κ1) is 17.2. The Balaban J connectivity index is 3.18. The molecule has 0 aliphatic carbocycles. The van der Waals surface area contributed by atoms with E-state index in [0.29, 0.717) is 0 Å². The molecule has 1 rings (SSSR count). The number of para-hydroxylation sites is 1. The fourth-order valence-corrected chi connectivity index (χ4v) is 4.69. The molecule has 20 heavy (non-hydrogen) atoms. The van der Waals surface area contributed by atoms with E-state index < -0.39 is 34.4 Å². The van der Waals surface area contributed by atoms with Gasteiger partial charge >= 0.3 is 5.69 Å². The van der Waals surface area contributed by atoms with E-state index in [-0.39, 0.29) is 16.4 Å². The van der Waals surface area contributed by atoms with Gasteiger partial charge in [0.15, 0.2) is 9.84 Å². The van der Waals surface area contributed by atoms with Crippen molar-refractivity contribution in [1.82, 2.24) is 0 Å². The van der Waals surface area contributed by atoms with Crippen LogP contribution in [0.5, 0.6) is 0 Å². The molecule has 0 N–H and O–H groups in total. The first-order valence-electron chi connectivity index (χ1n) is 5.05. The van der Waals surface area contributed by atoms with Gasteiger partial charge in [0.2, 0.25) is 9.05 Å². The highest BCUT2D eigenvalue weighted by molar-refractivity contribution is 8.14. The summed E-state index contributed by atoms with van der Waals surface area (Å²) in [6, 6.07) is 3.86. The van der Waals surface area contributed by atoms with Crippen molar-refractivity contribution in [1.29, 1.82) is 0 Å². The molecule has 0 heterocycles. The third-order valence-electron chi connectivity index (χ3n) is 2.13. The maximum atomic E-state index is 11.5. The number of rotatable bonds is 6. The minimum Gasteiger partial charge on any atom is -0.258 e. The summed E-state index contributed by atoms with van der Waals surface area (Å²) in [5, 5.41) is 11.0. The topological polar surface area (TPSA) is 111 Å². The van der Waals surface area contributed by atoms with Crippen molar-refractivity contribution in [2.45, 2.75) is 9.79 Å². The van der Waals surface area contributed by atoms with Crippen LogP contribution in [0, 0.1) is 10.1 Å². The van der Waals surface area contributed by atoms with Crippen LogP contribution in [0.3, 0.4) is 0 Å². The van der Waals surface area contributed by atoms with E-state index in [4.69, 9.17) is 10.7 Å². The van der Waals surface area contributed by atoms with Gasteiger partial charge in [-0.25, -0.2) is 16.8 Å². The summed E-state index contributed by atoms with van der Waals surface area (Å²) in [7, 11) is -2.42. The Morgan fingerprint density at radius 2 is 1.90 bits per heavy atom. The molecule has 7 nitrogen and oxygen atoms in total. The van der Waals surface area contributed by atoms with Gasteiger partial charge in [0.05, 0.1) is 15.6 Å². The average Bonchev–Trinajstić information content (AvgIpc) is 2.25. The highest BCUT2D eigenvalue weighted by atomic mass is 35.7. The summed E-state index contributed by atoms with van der Waals surface area (Å²) in [5.41, 5.74) is -0.549. The van der Waals surface area contributed by atoms with Crippen molar-refractivity contribution in [3.8, 4) is 0 Å². The standard InChI is InChI=1S/C9H10ClNO6S3/c1-19(14,15)8-4-2-3-7(9(8)11(12)13)18-5-6-20(10,16)17/h2-4H,5-6H2,1H3. The molecule has 0 amide bonds. The Hall–Kier alpha value is -0.840. The third-order valence-corrected chi connectivity index (χ3v) is 5.72. The van der Waals surface area contributed by atoms with Crippen LogP contribution in [0.4, 0.5) is 5.69 Å². The fraction of sp³-hybridized carbons (Fsp3) is 0.333. The molecule has 1 aromatic carbocycles. The second-order valence-electron chi connectivity index (χ2n) is 3.72. The highest BCUT2D eigenvalue weighted by Gasteiger charge is 2.26. The molecule has 0 fully saturated rings. The largest absolute Gasteiger partial charge is 0.301 e. The summed E-state index contributed by atoms with van der Waals surface area (Å²) in [6.07, 6.45) is 0.868. The number of halogens is 1. The van der Waals surface area contributed by atoms with Gasteiger partial charge in [-0.15, -0.1) is 11.8 Å². The summed E-state index contributed by atoms with van der Waals surface area (Å²) >= 11 is 0.863. The third kappa shape index (κ3) is 4.93. The molecule has 0 radical (unpaired) electrons. The SMILES string of the molecule is CS(=O)(=O)c1cccc(SCCS(=O)(=O)Cl)c1[N+](=O)[O-]. The molecule has 0 unspecified atom stereocenters. The molecule has 0 aliphatic rings. The van der Waals surface area contributed by atoms with Gasteiger partial charge in [0.25, 0.3) is 0 Å². The normalized spacial score (nSPS) is 12.3. The number of hydrogen-bond acceptors (Lipinski definition) is 7. The van der Waals surface area contributed by atoms with E-state index in [1.165, 1.54) is 12.1 Å². The zero-order valence-electron chi connectivity index (χ0n) is 10.1. The van der Waals surface area contributed by atoms with Crippen molar-refractivity contribution in [2.24, 2.45) is 0 Å². The molecular weight excluding hydrogens is 350 g/mol. The van der Waals surface area contributed by atoms with Crippen molar-refractivity contribution in [3.63, 3.8) is 0 Å². The van der Waals surface area contributed by atoms with E-state index in [1.807, 2.05) is 0 Å². The van der Waals surface area contributed by atoms with Crippen LogP contribution < -0.4 is 0 Å². The molecular formula is C9H10ClNO6S3. The second kappa shape index (κ2) is 6.29. The van der Waals surface area contributed by atoms with Gasteiger partial charge in [-0.2, -0.15) is 0 Å². The lowest BCUT2D eigenvalue weighted by molar-refractivity contribution is -0.390. The Morgan fingerprint density at radius 3 is 2.35 bits per heavy atom. The van der Waals surface area contributed by atoms with Crippen molar-refractivity contribution >= 4 is 47.0 Å². The monoisotopic (exact) mass is 359 g/mol. The van der Waals surface area contributed by atoms with Crippen molar-refractivity contribution in [2.75, 3.05) is 17.8 Å². The van der Waals surface area contributed by atoms with Crippen LogP contribution in [0.15, 0.2) is 28.0 Å². The van der Waals surface area contributed by atoms with E-state index in [2.05, 4.69) is 0 Å². The number of benzene rings is 1. The molecule has 0 spiro atoms. The maximum Gasteiger partial charge on any atom is 0.301 e. The van der Waals surface area contributed by atoms with E-state index in [1.54, 1.807) is 0 Å². The molecule has 0 saturated carbocycles. The Kier molecular flexibility index (Phi) is 5.41. The van der Waals surface area contributed by atoms with Crippen molar-refractivity contribution < 1.29 is 21.8 Å². The minimum atomic E-state index is -3.75. The van der Waals surface area contributed by atoms with Gasteiger partial charge in [-0.3, -0.25) is 10.1 Å². The van der Waals surface area contributed by atoms with Crippen LogP contribution in [0.2, 0.25) is 0 Å². The lowest BCUT2D eigenvalue weighted by atomic mass is 10.3. The smallest absolute Gasteiger partial charge is 0.258 e. The van der Waals surface area contributed by atoms with Crippen LogP contribution >= 0.6 is 22.4 Å². The summed E-state index contributed by atoms with van der Waals surface area (Å²) in [4.78, 5) is 9.92. The number of thioether (sulfide) groups is 1. The first-order chi connectivity index (χ1) is 9.02. The van der Waals surface area contributed by atoms with Gasteiger partial charge in [-0.05, 0) is 12.1 Å². The van der Waals surface area contributed by atoms with E-state index in [0.717, 1.165) is 24.1 Å². The van der Waals surface area contributed by atoms with Crippen LogP contribution in [-0.4, -0.2) is 39.5 Å². The predicted octanol–water partition coefficient (Wildman–Crippen LogP) is 1.66. The lowest BCUT2D eigenvalue weighted by Gasteiger charge is -2.06. The van der Waals surface area contributed by atoms with Gasteiger partial charge in [0, 0.05) is 22.7 Å². The number of hydrogen-bond donors (Lipinski definition) is 0. The summed E-state index contributed by atoms with van der Waals surface area (Å²) < 4.78 is 44.6. The second-order valence-corrected chi connectivity index (χ2v) is 9.74. The Morgan fingerprint density at radius 1 is 1.30 bits per heavy atom. The summed E-state index contributed by atoms with van der Waals surface area (Å²) in [5.74, 6) is -0.390. The number of sulfone groups is 1. The molecule has 0 bridgehead atoms. The fourth-order valence-electron chi connectivity index (χ4n) is 1.35. The molecule has 0 aromatic heterocycles. The number of nitro groups is 1. The lowest BCUT2D eigenvalue weighted by Crippen LogP contribution is -2.05. The van der Waals surface area contributed by atoms with Gasteiger partial charge in [0.1, 0.15) is 4.90 Å². The zero-order chi connectivity index (χ0) is 15.6. The molecule has 1 aromatic rings. The van der Waals surface area contributed by atoms with Gasteiger partial charge < -0.3 is 0 Å². The predicted molar refractivity (Wildman–Crippen MR) is 76.6 cm³/mol. The average molecular weight is 360 g/mol. The molecule has 0 saturated heterocycles. The molecule has 11 heteroatoms. The number of nitro benzene ring substituents is 1. The molecule has 0 atom stereocenters. The van der Waals surface area contributed by atoms with Crippen molar-refractivity contribution in [3.05, 3.63) is 28.3 Å². The quantitative estimate of drug-likeness (QED) is 0.328. The van der Waals surface area contributed by atoms with Crippen LogP contribution in [0.25, 0.3) is 0 Å². The first-order valence-corrected chi connectivity index (χ1v) is 10.4. The zero-order valence-corrected chi connectivity index (χ0v) is 13.4. The maximum absolute atomic E-state index is 11.5. The minimum absolute atomic E-state index is 0.0140. The highest BCUT2D eigenvalue weighted by Crippen LogP contribution is 2.34. The Labute approximate surface area is 124 Å². The summed E-state index contributed by atoms with van der Waals surface area (Å²) in [6.45, 7) is 0.